The summed E-state index contributed by atoms with van der Waals surface area (Å²) >= 11 is 0. The van der Waals surface area contributed by atoms with Gasteiger partial charge in [0.15, 0.2) is 0 Å². The van der Waals surface area contributed by atoms with Crippen LogP contribution in [0, 0.1) is 0 Å². The van der Waals surface area contributed by atoms with Gasteiger partial charge < -0.3 is 10.2 Å². The molecule has 0 rings (SSSR count). The number of aliphatic hydroxyl groups is 2. The maximum atomic E-state index is 8.75. The van der Waals surface area contributed by atoms with Crippen molar-refractivity contribution < 1.29 is 10.2 Å². The van der Waals surface area contributed by atoms with Gasteiger partial charge in [0.25, 0.3) is 0 Å². The molecule has 0 aromatic carbocycles. The van der Waals surface area contributed by atoms with E-state index in [4.69, 9.17) is 10.2 Å². The van der Waals surface area contributed by atoms with E-state index < -0.39 is 12.2 Å². The molecule has 0 aliphatic heterocycles. The van der Waals surface area contributed by atoms with Gasteiger partial charge in [0.2, 0.25) is 0 Å². The highest BCUT2D eigenvalue weighted by atomic mass is 16.3. The van der Waals surface area contributed by atoms with E-state index in [-0.39, 0.29) is 0 Å². The second-order valence-corrected chi connectivity index (χ2v) is 1.89. The van der Waals surface area contributed by atoms with E-state index in [0.717, 1.165) is 0 Å². The molecule has 0 bridgehead atoms. The fourth-order valence-electron chi connectivity index (χ4n) is 0.446. The van der Waals surface area contributed by atoms with Gasteiger partial charge in [-0.05, 0) is 6.92 Å². The molecule has 0 spiro atoms. The smallest absolute Gasteiger partial charge is 0.0742 e. The summed E-state index contributed by atoms with van der Waals surface area (Å²) in [5.41, 5.74) is 0. The quantitative estimate of drug-likeness (QED) is 0.521. The van der Waals surface area contributed by atoms with Crippen LogP contribution in [0.25, 0.3) is 0 Å². The minimum atomic E-state index is -0.560. The van der Waals surface area contributed by atoms with Crippen molar-refractivity contribution in [1.29, 1.82) is 0 Å². The summed E-state index contributed by atoms with van der Waals surface area (Å²) in [6, 6.07) is 0. The van der Waals surface area contributed by atoms with Crippen molar-refractivity contribution in [1.82, 2.24) is 0 Å². The van der Waals surface area contributed by atoms with Gasteiger partial charge in [-0.15, -0.1) is 6.58 Å². The number of hydrogen-bond acceptors (Lipinski definition) is 2. The average Bonchev–Trinajstić information content (AvgIpc) is 1.65. The molecule has 0 fully saturated rings. The zero-order valence-electron chi connectivity index (χ0n) is 5.04. The van der Waals surface area contributed by atoms with Crippen molar-refractivity contribution in [3.05, 3.63) is 12.7 Å². The van der Waals surface area contributed by atoms with E-state index in [1.165, 1.54) is 6.08 Å². The van der Waals surface area contributed by atoms with Crippen LogP contribution < -0.4 is 0 Å². The molecule has 0 aromatic heterocycles. The molecule has 0 saturated carbocycles. The zero-order chi connectivity index (χ0) is 6.57. The Kier molecular flexibility index (Phi) is 3.48. The molecule has 0 amide bonds. The summed E-state index contributed by atoms with van der Waals surface area (Å²) in [6.45, 7) is 4.98. The highest BCUT2D eigenvalue weighted by Crippen LogP contribution is 1.96. The number of aliphatic hydroxyl groups excluding tert-OH is 2. The monoisotopic (exact) mass is 116 g/mol. The highest BCUT2D eigenvalue weighted by Gasteiger charge is 2.01. The van der Waals surface area contributed by atoms with Crippen LogP contribution in [0.15, 0.2) is 12.7 Å². The third-order valence-electron chi connectivity index (χ3n) is 0.855. The Morgan fingerprint density at radius 1 is 1.62 bits per heavy atom. The number of rotatable bonds is 3. The normalized spacial score (nSPS) is 17.4. The van der Waals surface area contributed by atoms with Gasteiger partial charge in [0.05, 0.1) is 12.2 Å². The molecule has 0 aliphatic rings. The van der Waals surface area contributed by atoms with E-state index in [0.29, 0.717) is 6.42 Å². The van der Waals surface area contributed by atoms with Crippen molar-refractivity contribution in [2.45, 2.75) is 25.6 Å². The molecular weight excluding hydrogens is 104 g/mol. The molecule has 2 nitrogen and oxygen atoms in total. The van der Waals surface area contributed by atoms with Gasteiger partial charge in [-0.25, -0.2) is 0 Å². The van der Waals surface area contributed by atoms with E-state index in [1.54, 1.807) is 6.92 Å². The minimum absolute atomic E-state index is 0.378. The van der Waals surface area contributed by atoms with Gasteiger partial charge in [-0.3, -0.25) is 0 Å². The molecule has 48 valence electrons. The lowest BCUT2D eigenvalue weighted by Gasteiger charge is -2.05. The molecule has 0 radical (unpaired) electrons. The summed E-state index contributed by atoms with van der Waals surface area (Å²) in [5.74, 6) is 0. The summed E-state index contributed by atoms with van der Waals surface area (Å²) in [7, 11) is 0. The van der Waals surface area contributed by atoms with Crippen LogP contribution in [0.2, 0.25) is 0 Å². The molecule has 0 aromatic rings. The third kappa shape index (κ3) is 3.84. The fraction of sp³-hybridized carbons (Fsp3) is 0.667. The van der Waals surface area contributed by atoms with Crippen molar-refractivity contribution in [3.8, 4) is 0 Å². The van der Waals surface area contributed by atoms with Gasteiger partial charge in [0, 0.05) is 6.42 Å². The first-order chi connectivity index (χ1) is 3.66. The van der Waals surface area contributed by atoms with Crippen LogP contribution in [0.4, 0.5) is 0 Å². The topological polar surface area (TPSA) is 40.5 Å². The van der Waals surface area contributed by atoms with Crippen LogP contribution in [0.1, 0.15) is 13.3 Å². The molecule has 2 atom stereocenters. The Bertz CT molecular complexity index is 68.9. The highest BCUT2D eigenvalue weighted by molar-refractivity contribution is 4.78. The lowest BCUT2D eigenvalue weighted by Crippen LogP contribution is -2.11. The molecule has 0 heterocycles. The Hall–Kier alpha value is -0.340. The SMILES string of the molecule is C=CC(O)C[C@@H](C)O. The van der Waals surface area contributed by atoms with Gasteiger partial charge in [-0.1, -0.05) is 6.08 Å². The van der Waals surface area contributed by atoms with Crippen molar-refractivity contribution in [3.63, 3.8) is 0 Å². The lowest BCUT2D eigenvalue weighted by atomic mass is 10.2. The Balaban J connectivity index is 3.23. The largest absolute Gasteiger partial charge is 0.393 e. The Labute approximate surface area is 49.5 Å². The third-order valence-corrected chi connectivity index (χ3v) is 0.855. The van der Waals surface area contributed by atoms with Crippen LogP contribution in [0.3, 0.4) is 0 Å². The molecule has 2 heteroatoms. The zero-order valence-corrected chi connectivity index (χ0v) is 5.04. The first kappa shape index (κ1) is 7.66. The summed E-state index contributed by atoms with van der Waals surface area (Å²) in [4.78, 5) is 0. The molecular formula is C6H12O2. The van der Waals surface area contributed by atoms with Crippen LogP contribution in [0.5, 0.6) is 0 Å². The average molecular weight is 116 g/mol. The Morgan fingerprint density at radius 3 is 2.25 bits per heavy atom. The van der Waals surface area contributed by atoms with Crippen LogP contribution >= 0.6 is 0 Å². The number of hydrogen-bond donors (Lipinski definition) is 2. The standard InChI is InChI=1S/C6H12O2/c1-3-6(8)4-5(2)7/h3,5-8H,1,4H2,2H3/t5-,6?/m1/s1. The predicted molar refractivity (Wildman–Crippen MR) is 32.5 cm³/mol. The summed E-state index contributed by atoms with van der Waals surface area (Å²) < 4.78 is 0. The predicted octanol–water partition coefficient (Wildman–Crippen LogP) is 0.304. The lowest BCUT2D eigenvalue weighted by molar-refractivity contribution is 0.117. The van der Waals surface area contributed by atoms with Crippen LogP contribution in [-0.4, -0.2) is 22.4 Å². The van der Waals surface area contributed by atoms with E-state index in [2.05, 4.69) is 6.58 Å². The van der Waals surface area contributed by atoms with E-state index in [9.17, 15) is 0 Å². The van der Waals surface area contributed by atoms with Gasteiger partial charge in [-0.2, -0.15) is 0 Å². The maximum Gasteiger partial charge on any atom is 0.0742 e. The van der Waals surface area contributed by atoms with E-state index in [1.807, 2.05) is 0 Å². The fourth-order valence-corrected chi connectivity index (χ4v) is 0.446. The molecule has 8 heavy (non-hydrogen) atoms. The molecule has 2 N–H and O–H groups in total. The second kappa shape index (κ2) is 3.64. The van der Waals surface area contributed by atoms with Gasteiger partial charge in [0.1, 0.15) is 0 Å². The van der Waals surface area contributed by atoms with Crippen molar-refractivity contribution in [2.75, 3.05) is 0 Å². The second-order valence-electron chi connectivity index (χ2n) is 1.89. The minimum Gasteiger partial charge on any atom is -0.393 e. The Morgan fingerprint density at radius 2 is 2.12 bits per heavy atom. The summed E-state index contributed by atoms with van der Waals surface area (Å²) in [5, 5.41) is 17.4. The van der Waals surface area contributed by atoms with Crippen LogP contribution in [-0.2, 0) is 0 Å². The van der Waals surface area contributed by atoms with Crippen molar-refractivity contribution in [2.24, 2.45) is 0 Å². The molecule has 0 aliphatic carbocycles. The maximum absolute atomic E-state index is 8.75. The summed E-state index contributed by atoms with van der Waals surface area (Å²) in [6.07, 6.45) is 0.786. The van der Waals surface area contributed by atoms with E-state index >= 15 is 0 Å². The molecule has 0 saturated heterocycles. The first-order valence-corrected chi connectivity index (χ1v) is 2.65. The van der Waals surface area contributed by atoms with Crippen molar-refractivity contribution >= 4 is 0 Å². The van der Waals surface area contributed by atoms with Gasteiger partial charge >= 0.3 is 0 Å². The molecule has 1 unspecified atom stereocenters. The first-order valence-electron chi connectivity index (χ1n) is 2.65.